The highest BCUT2D eigenvalue weighted by molar-refractivity contribution is 5.35. The van der Waals surface area contributed by atoms with Gasteiger partial charge in [-0.15, -0.1) is 0 Å². The lowest BCUT2D eigenvalue weighted by molar-refractivity contribution is 0.0850. The molecule has 1 aromatic heterocycles. The van der Waals surface area contributed by atoms with Gasteiger partial charge >= 0.3 is 0 Å². The number of fused-ring (bicyclic) bond motifs is 1. The zero-order chi connectivity index (χ0) is 17.1. The van der Waals surface area contributed by atoms with E-state index in [1.165, 1.54) is 5.56 Å². The highest BCUT2D eigenvalue weighted by atomic mass is 16.6. The van der Waals surface area contributed by atoms with E-state index in [1.54, 1.807) is 6.20 Å². The normalized spacial score (nSPS) is 20.8. The van der Waals surface area contributed by atoms with Gasteiger partial charge in [0, 0.05) is 18.7 Å². The lowest BCUT2D eigenvalue weighted by Crippen LogP contribution is -2.32. The second kappa shape index (κ2) is 7.12. The van der Waals surface area contributed by atoms with E-state index in [9.17, 15) is 0 Å². The van der Waals surface area contributed by atoms with E-state index in [-0.39, 0.29) is 12.0 Å². The van der Waals surface area contributed by atoms with Gasteiger partial charge in [-0.3, -0.25) is 4.90 Å². The second-order valence-electron chi connectivity index (χ2n) is 6.65. The molecule has 1 unspecified atom stereocenters. The summed E-state index contributed by atoms with van der Waals surface area (Å²) in [5.74, 6) is 1.50. The summed E-state index contributed by atoms with van der Waals surface area (Å²) in [6.45, 7) is 3.44. The van der Waals surface area contributed by atoms with Crippen molar-refractivity contribution in [2.45, 2.75) is 25.5 Å². The third-order valence-corrected chi connectivity index (χ3v) is 4.91. The molecule has 3 heterocycles. The number of aromatic nitrogens is 1. The van der Waals surface area contributed by atoms with Gasteiger partial charge in [-0.2, -0.15) is 5.26 Å². The van der Waals surface area contributed by atoms with Crippen molar-refractivity contribution in [1.82, 2.24) is 9.88 Å². The summed E-state index contributed by atoms with van der Waals surface area (Å²) in [7, 11) is 0. The number of hydrogen-bond acceptors (Lipinski definition) is 5. The van der Waals surface area contributed by atoms with Gasteiger partial charge in [-0.25, -0.2) is 4.98 Å². The molecule has 0 N–H and O–H groups in total. The van der Waals surface area contributed by atoms with Gasteiger partial charge < -0.3 is 9.47 Å². The third kappa shape index (κ3) is 3.59. The van der Waals surface area contributed by atoms with Gasteiger partial charge in [0.25, 0.3) is 5.88 Å². The van der Waals surface area contributed by atoms with Crippen LogP contribution in [0.5, 0.6) is 11.6 Å². The van der Waals surface area contributed by atoms with Crippen molar-refractivity contribution in [1.29, 1.82) is 5.26 Å². The van der Waals surface area contributed by atoms with E-state index < -0.39 is 0 Å². The molecule has 0 bridgehead atoms. The largest absolute Gasteiger partial charge is 0.484 e. The van der Waals surface area contributed by atoms with Gasteiger partial charge in [0.2, 0.25) is 0 Å². The second-order valence-corrected chi connectivity index (χ2v) is 6.65. The molecule has 0 spiro atoms. The summed E-state index contributed by atoms with van der Waals surface area (Å²) >= 11 is 0. The number of likely N-dealkylation sites (tertiary alicyclic amines) is 1. The fourth-order valence-electron chi connectivity index (χ4n) is 3.39. The molecule has 0 amide bonds. The van der Waals surface area contributed by atoms with Crippen molar-refractivity contribution in [3.05, 3.63) is 53.7 Å². The molecule has 0 aliphatic carbocycles. The quantitative estimate of drug-likeness (QED) is 0.861. The van der Waals surface area contributed by atoms with Crippen LogP contribution in [-0.2, 0) is 6.54 Å². The number of rotatable bonds is 3. The van der Waals surface area contributed by atoms with Crippen LogP contribution in [0.15, 0.2) is 42.6 Å². The molecule has 0 radical (unpaired) electrons. The topological polar surface area (TPSA) is 58.4 Å². The molecule has 5 heteroatoms. The standard InChI is InChI=1S/C20H21N3O2/c21-12-15-7-10-23(11-8-15)13-16-3-5-17(6-4-16)19-14-24-18-2-1-9-22-20(18)25-19/h1-6,9,15,19H,7-8,10-11,13-14H2. The molecule has 1 saturated heterocycles. The van der Waals surface area contributed by atoms with E-state index in [0.717, 1.165) is 38.0 Å². The Hall–Kier alpha value is -2.58. The van der Waals surface area contributed by atoms with Crippen LogP contribution in [-0.4, -0.2) is 29.6 Å². The van der Waals surface area contributed by atoms with E-state index >= 15 is 0 Å². The molecular weight excluding hydrogens is 314 g/mol. The van der Waals surface area contributed by atoms with Crippen LogP contribution in [0.25, 0.3) is 0 Å². The summed E-state index contributed by atoms with van der Waals surface area (Å²) in [6.07, 6.45) is 3.55. The summed E-state index contributed by atoms with van der Waals surface area (Å²) in [5.41, 5.74) is 2.39. The molecule has 1 fully saturated rings. The van der Waals surface area contributed by atoms with Crippen molar-refractivity contribution in [3.8, 4) is 17.7 Å². The lowest BCUT2D eigenvalue weighted by atomic mass is 9.98. The first kappa shape index (κ1) is 15.9. The molecular formula is C20H21N3O2. The predicted octanol–water partition coefficient (Wildman–Crippen LogP) is 3.33. The maximum absolute atomic E-state index is 8.99. The Morgan fingerprint density at radius 1 is 1.16 bits per heavy atom. The lowest BCUT2D eigenvalue weighted by Gasteiger charge is -2.29. The summed E-state index contributed by atoms with van der Waals surface area (Å²) in [5, 5.41) is 8.99. The zero-order valence-electron chi connectivity index (χ0n) is 14.1. The summed E-state index contributed by atoms with van der Waals surface area (Å²) < 4.78 is 11.7. The first-order chi connectivity index (χ1) is 12.3. The van der Waals surface area contributed by atoms with E-state index in [1.807, 2.05) is 12.1 Å². The smallest absolute Gasteiger partial charge is 0.257 e. The first-order valence-corrected chi connectivity index (χ1v) is 8.77. The number of ether oxygens (including phenoxy) is 2. The van der Waals surface area contributed by atoms with Crippen LogP contribution in [0, 0.1) is 17.2 Å². The minimum atomic E-state index is -0.122. The minimum absolute atomic E-state index is 0.122. The number of nitriles is 1. The Morgan fingerprint density at radius 3 is 2.72 bits per heavy atom. The van der Waals surface area contributed by atoms with Crippen LogP contribution in [0.4, 0.5) is 0 Å². The molecule has 2 aliphatic rings. The van der Waals surface area contributed by atoms with Crippen molar-refractivity contribution in [2.75, 3.05) is 19.7 Å². The number of nitrogens with zero attached hydrogens (tertiary/aromatic N) is 3. The molecule has 2 aliphatic heterocycles. The number of hydrogen-bond donors (Lipinski definition) is 0. The SMILES string of the molecule is N#CC1CCN(Cc2ccc(C3COc4cccnc4O3)cc2)CC1. The fourth-order valence-corrected chi connectivity index (χ4v) is 3.39. The highest BCUT2D eigenvalue weighted by Crippen LogP contribution is 2.34. The maximum atomic E-state index is 8.99. The molecule has 5 nitrogen and oxygen atoms in total. The van der Waals surface area contributed by atoms with Crippen LogP contribution in [0.2, 0.25) is 0 Å². The monoisotopic (exact) mass is 335 g/mol. The number of pyridine rings is 1. The van der Waals surface area contributed by atoms with Crippen LogP contribution in [0.3, 0.4) is 0 Å². The summed E-state index contributed by atoms with van der Waals surface area (Å²) in [6, 6.07) is 14.6. The molecule has 128 valence electrons. The summed E-state index contributed by atoms with van der Waals surface area (Å²) in [4.78, 5) is 6.65. The average Bonchev–Trinajstić information content (AvgIpc) is 2.69. The Kier molecular flexibility index (Phi) is 4.53. The van der Waals surface area contributed by atoms with Gasteiger partial charge in [0.15, 0.2) is 11.9 Å². The Labute approximate surface area is 147 Å². The zero-order valence-corrected chi connectivity index (χ0v) is 14.1. The third-order valence-electron chi connectivity index (χ3n) is 4.91. The molecule has 1 aromatic carbocycles. The van der Waals surface area contributed by atoms with Crippen LogP contribution < -0.4 is 9.47 Å². The van der Waals surface area contributed by atoms with Crippen molar-refractivity contribution >= 4 is 0 Å². The molecule has 2 aromatic rings. The number of piperidine rings is 1. The van der Waals surface area contributed by atoms with Gasteiger partial charge in [-0.05, 0) is 49.2 Å². The molecule has 1 atom stereocenters. The van der Waals surface area contributed by atoms with Crippen molar-refractivity contribution in [3.63, 3.8) is 0 Å². The predicted molar refractivity (Wildman–Crippen MR) is 93.2 cm³/mol. The van der Waals surface area contributed by atoms with Crippen molar-refractivity contribution in [2.24, 2.45) is 5.92 Å². The van der Waals surface area contributed by atoms with E-state index in [4.69, 9.17) is 14.7 Å². The van der Waals surface area contributed by atoms with Gasteiger partial charge in [0.05, 0.1) is 6.07 Å². The Balaban J connectivity index is 1.37. The van der Waals surface area contributed by atoms with E-state index in [0.29, 0.717) is 18.2 Å². The molecule has 0 saturated carbocycles. The van der Waals surface area contributed by atoms with Crippen LogP contribution in [0.1, 0.15) is 30.1 Å². The molecule has 4 rings (SSSR count). The van der Waals surface area contributed by atoms with Gasteiger partial charge in [-0.1, -0.05) is 24.3 Å². The Bertz CT molecular complexity index is 761. The van der Waals surface area contributed by atoms with Crippen LogP contribution >= 0.6 is 0 Å². The Morgan fingerprint density at radius 2 is 1.96 bits per heavy atom. The molecule has 25 heavy (non-hydrogen) atoms. The number of benzene rings is 1. The minimum Gasteiger partial charge on any atom is -0.484 e. The highest BCUT2D eigenvalue weighted by Gasteiger charge is 2.23. The van der Waals surface area contributed by atoms with Crippen molar-refractivity contribution < 1.29 is 9.47 Å². The van der Waals surface area contributed by atoms with E-state index in [2.05, 4.69) is 40.2 Å². The van der Waals surface area contributed by atoms with Gasteiger partial charge in [0.1, 0.15) is 6.61 Å². The average molecular weight is 335 g/mol. The fraction of sp³-hybridized carbons (Fsp3) is 0.400. The maximum Gasteiger partial charge on any atom is 0.257 e. The first-order valence-electron chi connectivity index (χ1n) is 8.77.